The molecule has 1 aliphatic carbocycles. The lowest BCUT2D eigenvalue weighted by molar-refractivity contribution is 0.300. The summed E-state index contributed by atoms with van der Waals surface area (Å²) in [5.74, 6) is -0.416. The molecule has 1 aliphatic rings. The molecule has 5 rings (SSSR count). The highest BCUT2D eigenvalue weighted by atomic mass is 19.1. The molecule has 0 unspecified atom stereocenters. The van der Waals surface area contributed by atoms with Crippen molar-refractivity contribution in [3.63, 3.8) is 0 Å². The van der Waals surface area contributed by atoms with E-state index in [1.807, 2.05) is 62.4 Å². The number of hydrogen-bond acceptors (Lipinski definition) is 2. The van der Waals surface area contributed by atoms with E-state index in [4.69, 9.17) is 9.47 Å². The molecule has 0 spiro atoms. The van der Waals surface area contributed by atoms with Gasteiger partial charge in [-0.25, -0.2) is 8.78 Å². The predicted octanol–water partition coefficient (Wildman–Crippen LogP) is 7.91. The van der Waals surface area contributed by atoms with Crippen molar-refractivity contribution < 1.29 is 18.3 Å². The first-order valence-electron chi connectivity index (χ1n) is 12.2. The first-order chi connectivity index (χ1) is 17.1. The molecule has 0 aliphatic heterocycles. The molecule has 35 heavy (non-hydrogen) atoms. The number of hydrogen-bond donors (Lipinski definition) is 0. The summed E-state index contributed by atoms with van der Waals surface area (Å²) in [5.41, 5.74) is 4.65. The van der Waals surface area contributed by atoms with Gasteiger partial charge in [-0.2, -0.15) is 0 Å². The quantitative estimate of drug-likeness (QED) is 0.229. The molecule has 0 saturated heterocycles. The zero-order valence-electron chi connectivity index (χ0n) is 20.0. The fourth-order valence-corrected chi connectivity index (χ4v) is 5.15. The molecular formula is C31H28F2O2. The molecular weight excluding hydrogens is 442 g/mol. The molecule has 2 nitrogen and oxygen atoms in total. The van der Waals surface area contributed by atoms with Gasteiger partial charge in [0.2, 0.25) is 0 Å². The number of halogens is 2. The van der Waals surface area contributed by atoms with Gasteiger partial charge >= 0.3 is 0 Å². The second kappa shape index (κ2) is 9.53. The van der Waals surface area contributed by atoms with Crippen LogP contribution in [0.2, 0.25) is 0 Å². The SMILES string of the molecule is CCCOc1ccc(C2(c3ccc(OCCC)c(F)c3)c3ccccc3-c3ccccc32)cc1F. The fraction of sp³-hybridized carbons (Fsp3) is 0.226. The van der Waals surface area contributed by atoms with Crippen LogP contribution in [-0.4, -0.2) is 13.2 Å². The van der Waals surface area contributed by atoms with E-state index in [-0.39, 0.29) is 11.5 Å². The van der Waals surface area contributed by atoms with E-state index in [0.29, 0.717) is 13.2 Å². The number of ether oxygens (including phenoxy) is 2. The third-order valence-corrected chi connectivity index (χ3v) is 6.61. The second-order valence-electron chi connectivity index (χ2n) is 8.83. The van der Waals surface area contributed by atoms with Crippen LogP contribution in [0, 0.1) is 11.6 Å². The molecule has 0 saturated carbocycles. The van der Waals surface area contributed by atoms with Crippen molar-refractivity contribution in [1.29, 1.82) is 0 Å². The summed E-state index contributed by atoms with van der Waals surface area (Å²) in [6.07, 6.45) is 1.58. The Hall–Kier alpha value is -3.66. The van der Waals surface area contributed by atoms with E-state index in [1.54, 1.807) is 12.1 Å². The van der Waals surface area contributed by atoms with Crippen LogP contribution in [0.1, 0.15) is 48.9 Å². The Labute approximate surface area is 205 Å². The molecule has 0 heterocycles. The molecule has 0 atom stereocenters. The highest BCUT2D eigenvalue weighted by molar-refractivity contribution is 5.86. The summed E-state index contributed by atoms with van der Waals surface area (Å²) in [6, 6.07) is 26.4. The lowest BCUT2D eigenvalue weighted by atomic mass is 9.67. The van der Waals surface area contributed by atoms with Crippen molar-refractivity contribution in [2.24, 2.45) is 0 Å². The van der Waals surface area contributed by atoms with Crippen LogP contribution >= 0.6 is 0 Å². The highest BCUT2D eigenvalue weighted by Gasteiger charge is 2.46. The third-order valence-electron chi connectivity index (χ3n) is 6.61. The lowest BCUT2D eigenvalue weighted by Crippen LogP contribution is -2.29. The average Bonchev–Trinajstić information content (AvgIpc) is 3.18. The molecule has 0 amide bonds. The number of rotatable bonds is 8. The van der Waals surface area contributed by atoms with Gasteiger partial charge in [-0.1, -0.05) is 74.5 Å². The van der Waals surface area contributed by atoms with Crippen LogP contribution in [0.5, 0.6) is 11.5 Å². The van der Waals surface area contributed by atoms with E-state index in [1.165, 1.54) is 12.1 Å². The van der Waals surface area contributed by atoms with Gasteiger partial charge in [-0.05, 0) is 70.5 Å². The van der Waals surface area contributed by atoms with Gasteiger partial charge in [0, 0.05) is 0 Å². The summed E-state index contributed by atoms with van der Waals surface area (Å²) in [5, 5.41) is 0. The molecule has 0 N–H and O–H groups in total. The summed E-state index contributed by atoms with van der Waals surface area (Å²) in [7, 11) is 0. The van der Waals surface area contributed by atoms with Crippen molar-refractivity contribution in [2.75, 3.05) is 13.2 Å². The number of benzene rings is 4. The van der Waals surface area contributed by atoms with E-state index >= 15 is 8.78 Å². The Morgan fingerprint density at radius 3 is 1.43 bits per heavy atom. The molecule has 0 aromatic heterocycles. The van der Waals surface area contributed by atoms with Crippen LogP contribution in [0.3, 0.4) is 0 Å². The van der Waals surface area contributed by atoms with E-state index < -0.39 is 17.0 Å². The standard InChI is InChI=1S/C31H28F2O2/c1-3-17-34-29-15-13-21(19-27(29)32)31(22-14-16-30(28(33)20-22)35-18-4-2)25-11-7-5-9-23(25)24-10-6-8-12-26(24)31/h5-16,19-20H,3-4,17-18H2,1-2H3. The van der Waals surface area contributed by atoms with Crippen LogP contribution < -0.4 is 9.47 Å². The topological polar surface area (TPSA) is 18.5 Å². The van der Waals surface area contributed by atoms with Crippen LogP contribution in [0.4, 0.5) is 8.78 Å². The molecule has 178 valence electrons. The molecule has 4 heteroatoms. The Morgan fingerprint density at radius 2 is 1.03 bits per heavy atom. The highest BCUT2D eigenvalue weighted by Crippen LogP contribution is 2.56. The first-order valence-corrected chi connectivity index (χ1v) is 12.2. The largest absolute Gasteiger partial charge is 0.491 e. The van der Waals surface area contributed by atoms with Gasteiger partial charge in [0.05, 0.1) is 18.6 Å². The lowest BCUT2D eigenvalue weighted by Gasteiger charge is -2.34. The predicted molar refractivity (Wildman–Crippen MR) is 135 cm³/mol. The molecule has 0 bridgehead atoms. The van der Waals surface area contributed by atoms with E-state index in [2.05, 4.69) is 12.1 Å². The fourth-order valence-electron chi connectivity index (χ4n) is 5.15. The second-order valence-corrected chi connectivity index (χ2v) is 8.83. The average molecular weight is 471 g/mol. The third kappa shape index (κ3) is 3.78. The van der Waals surface area contributed by atoms with Gasteiger partial charge in [0.25, 0.3) is 0 Å². The van der Waals surface area contributed by atoms with Gasteiger partial charge in [-0.15, -0.1) is 0 Å². The number of fused-ring (bicyclic) bond motifs is 3. The summed E-state index contributed by atoms with van der Waals surface area (Å²) >= 11 is 0. The minimum Gasteiger partial charge on any atom is -0.491 e. The Bertz CT molecular complexity index is 1260. The Kier molecular flexibility index (Phi) is 6.29. The first kappa shape index (κ1) is 23.1. The van der Waals surface area contributed by atoms with E-state index in [0.717, 1.165) is 46.2 Å². The van der Waals surface area contributed by atoms with Gasteiger partial charge in [0.1, 0.15) is 0 Å². The van der Waals surface area contributed by atoms with Crippen molar-refractivity contribution in [3.8, 4) is 22.6 Å². The molecule has 4 aromatic carbocycles. The minimum absolute atomic E-state index is 0.222. The Balaban J connectivity index is 1.78. The van der Waals surface area contributed by atoms with Gasteiger partial charge < -0.3 is 9.47 Å². The minimum atomic E-state index is -0.887. The Morgan fingerprint density at radius 1 is 0.600 bits per heavy atom. The van der Waals surface area contributed by atoms with Crippen LogP contribution in [0.25, 0.3) is 11.1 Å². The van der Waals surface area contributed by atoms with Gasteiger partial charge in [-0.3, -0.25) is 0 Å². The zero-order chi connectivity index (χ0) is 24.4. The summed E-state index contributed by atoms with van der Waals surface area (Å²) in [6.45, 7) is 4.85. The zero-order valence-corrected chi connectivity index (χ0v) is 20.0. The maximum Gasteiger partial charge on any atom is 0.165 e. The van der Waals surface area contributed by atoms with Crippen LogP contribution in [0.15, 0.2) is 84.9 Å². The van der Waals surface area contributed by atoms with Crippen molar-refractivity contribution in [2.45, 2.75) is 32.1 Å². The summed E-state index contributed by atoms with van der Waals surface area (Å²) in [4.78, 5) is 0. The van der Waals surface area contributed by atoms with E-state index in [9.17, 15) is 0 Å². The van der Waals surface area contributed by atoms with Crippen molar-refractivity contribution in [3.05, 3.63) is 119 Å². The monoisotopic (exact) mass is 470 g/mol. The maximum atomic E-state index is 15.3. The van der Waals surface area contributed by atoms with Gasteiger partial charge in [0.15, 0.2) is 23.1 Å². The molecule has 0 fully saturated rings. The maximum absolute atomic E-state index is 15.3. The van der Waals surface area contributed by atoms with Crippen LogP contribution in [-0.2, 0) is 5.41 Å². The summed E-state index contributed by atoms with van der Waals surface area (Å²) < 4.78 is 41.9. The van der Waals surface area contributed by atoms with Crippen molar-refractivity contribution >= 4 is 0 Å². The van der Waals surface area contributed by atoms with Crippen molar-refractivity contribution in [1.82, 2.24) is 0 Å². The smallest absolute Gasteiger partial charge is 0.165 e. The normalized spacial score (nSPS) is 13.3. The molecule has 0 radical (unpaired) electrons. The molecule has 4 aromatic rings.